The van der Waals surface area contributed by atoms with Crippen molar-refractivity contribution in [2.45, 2.75) is 40.0 Å². The summed E-state index contributed by atoms with van der Waals surface area (Å²) in [6, 6.07) is 1.63. The quantitative estimate of drug-likeness (QED) is 0.284. The second-order valence-corrected chi connectivity index (χ2v) is 8.90. The monoisotopic (exact) mass is 495 g/mol. The van der Waals surface area contributed by atoms with Gasteiger partial charge in [-0.2, -0.15) is 10.1 Å². The van der Waals surface area contributed by atoms with Crippen LogP contribution in [0.3, 0.4) is 0 Å². The average molecular weight is 496 g/mol. The number of nitrogens with zero attached hydrogens (tertiary/aromatic N) is 5. The first kappa shape index (κ1) is 25.3. The number of ether oxygens (including phenoxy) is 1. The van der Waals surface area contributed by atoms with Gasteiger partial charge in [-0.3, -0.25) is 14.8 Å². The molecule has 2 aliphatic rings. The van der Waals surface area contributed by atoms with Crippen molar-refractivity contribution >= 4 is 47.2 Å². The fraction of sp³-hybridized carbons (Fsp3) is 0.545. The highest BCUT2D eigenvalue weighted by atomic mass is 35.5. The van der Waals surface area contributed by atoms with Crippen LogP contribution in [0.15, 0.2) is 11.1 Å². The van der Waals surface area contributed by atoms with E-state index >= 15 is 0 Å². The number of hydrogen-bond acceptors (Lipinski definition) is 6. The molecule has 2 aromatic heterocycles. The fourth-order valence-electron chi connectivity index (χ4n) is 4.20. The zero-order chi connectivity index (χ0) is 24.2. The summed E-state index contributed by atoms with van der Waals surface area (Å²) in [5.41, 5.74) is 8.09. The topological polar surface area (TPSA) is 113 Å². The van der Waals surface area contributed by atoms with Crippen LogP contribution in [-0.2, 0) is 9.53 Å². The largest absolute Gasteiger partial charge is 0.384 e. The summed E-state index contributed by atoms with van der Waals surface area (Å²) in [4.78, 5) is 23.9. The molecule has 2 saturated heterocycles. The summed E-state index contributed by atoms with van der Waals surface area (Å²) in [7, 11) is 1.69. The third-order valence-electron chi connectivity index (χ3n) is 6.16. The predicted molar refractivity (Wildman–Crippen MR) is 132 cm³/mol. The first-order valence-electron chi connectivity index (χ1n) is 11.1. The first-order chi connectivity index (χ1) is 15.8. The molecule has 4 heterocycles. The van der Waals surface area contributed by atoms with E-state index in [1.54, 1.807) is 13.1 Å². The molecule has 0 saturated carbocycles. The van der Waals surface area contributed by atoms with Gasteiger partial charge >= 0.3 is 0 Å². The Labute approximate surface area is 204 Å². The Morgan fingerprint density at radius 2 is 2.03 bits per heavy atom. The van der Waals surface area contributed by atoms with E-state index in [2.05, 4.69) is 20.1 Å². The highest BCUT2D eigenvalue weighted by molar-refractivity contribution is 6.43. The van der Waals surface area contributed by atoms with Crippen molar-refractivity contribution in [3.05, 3.63) is 21.8 Å². The van der Waals surface area contributed by atoms with Crippen LogP contribution >= 0.6 is 23.2 Å². The van der Waals surface area contributed by atoms with Gasteiger partial charge in [0.25, 0.3) is 0 Å². The minimum atomic E-state index is 0.121. The van der Waals surface area contributed by atoms with E-state index in [4.69, 9.17) is 38.7 Å². The number of carbonyl (C=O) groups excluding carboxylic acids is 1. The molecule has 2 aromatic rings. The van der Waals surface area contributed by atoms with Gasteiger partial charge in [-0.25, -0.2) is 4.98 Å². The number of pyridine rings is 1. The van der Waals surface area contributed by atoms with Gasteiger partial charge in [0.15, 0.2) is 11.0 Å². The Morgan fingerprint density at radius 1 is 1.33 bits per heavy atom. The van der Waals surface area contributed by atoms with E-state index in [9.17, 15) is 4.79 Å². The minimum Gasteiger partial charge on any atom is -0.384 e. The van der Waals surface area contributed by atoms with Gasteiger partial charge in [0.05, 0.1) is 17.3 Å². The number of nitrogen functional groups attached to an aromatic ring is 1. The Hall–Kier alpha value is -2.36. The smallest absolute Gasteiger partial charge is 0.216 e. The standard InChI is InChI=1S/C20H25Cl2N7O2.C2H6/c1-12-16(13-9-14(23)24-17(22)15(13)21)26-27-18(12)25-19(28(2)11-30)29-6-3-20(4-7-29)5-8-31-10-20;1-2/h9,11H,3-8,10H2,1-2H3,(H2,23,24)(H,26,27);1-2H3. The lowest BCUT2D eigenvalue weighted by Gasteiger charge is -2.40. The van der Waals surface area contributed by atoms with Crippen LogP contribution in [0.4, 0.5) is 11.6 Å². The number of piperidine rings is 1. The number of aliphatic imine (C=N–C) groups is 1. The number of aromatic nitrogens is 3. The lowest BCUT2D eigenvalue weighted by atomic mass is 9.78. The molecule has 2 fully saturated rings. The Morgan fingerprint density at radius 3 is 2.64 bits per heavy atom. The molecule has 180 valence electrons. The van der Waals surface area contributed by atoms with Crippen LogP contribution in [0.2, 0.25) is 10.2 Å². The number of aromatic amines is 1. The first-order valence-corrected chi connectivity index (χ1v) is 11.9. The number of guanidine groups is 1. The molecule has 0 radical (unpaired) electrons. The average Bonchev–Trinajstić information content (AvgIpc) is 3.43. The fourth-order valence-corrected chi connectivity index (χ4v) is 4.59. The van der Waals surface area contributed by atoms with Crippen molar-refractivity contribution in [1.82, 2.24) is 25.0 Å². The van der Waals surface area contributed by atoms with E-state index in [1.165, 1.54) is 4.90 Å². The van der Waals surface area contributed by atoms with Gasteiger partial charge in [-0.1, -0.05) is 37.0 Å². The Kier molecular flexibility index (Phi) is 8.20. The van der Waals surface area contributed by atoms with E-state index in [0.29, 0.717) is 23.0 Å². The normalized spacial score (nSPS) is 17.6. The van der Waals surface area contributed by atoms with Crippen LogP contribution < -0.4 is 5.73 Å². The molecule has 11 heteroatoms. The molecule has 0 aliphatic carbocycles. The van der Waals surface area contributed by atoms with Crippen LogP contribution in [0.1, 0.15) is 38.7 Å². The number of halogens is 2. The molecule has 3 N–H and O–H groups in total. The lowest BCUT2D eigenvalue weighted by molar-refractivity contribution is -0.114. The van der Waals surface area contributed by atoms with Crippen LogP contribution in [-0.4, -0.2) is 70.7 Å². The second kappa shape index (κ2) is 10.7. The Balaban J connectivity index is 0.00000149. The molecule has 9 nitrogen and oxygen atoms in total. The van der Waals surface area contributed by atoms with Crippen molar-refractivity contribution in [2.75, 3.05) is 39.1 Å². The molecular weight excluding hydrogens is 465 g/mol. The van der Waals surface area contributed by atoms with Crippen molar-refractivity contribution in [3.8, 4) is 11.3 Å². The van der Waals surface area contributed by atoms with E-state index < -0.39 is 0 Å². The molecular formula is C22H31Cl2N7O2. The molecule has 33 heavy (non-hydrogen) atoms. The number of rotatable bonds is 3. The van der Waals surface area contributed by atoms with Gasteiger partial charge < -0.3 is 15.4 Å². The van der Waals surface area contributed by atoms with Crippen LogP contribution in [0, 0.1) is 12.3 Å². The van der Waals surface area contributed by atoms with Gasteiger partial charge in [0.1, 0.15) is 5.82 Å². The summed E-state index contributed by atoms with van der Waals surface area (Å²) in [6.45, 7) is 9.13. The number of nitrogens with two attached hydrogens (primary N) is 1. The van der Waals surface area contributed by atoms with Crippen molar-refractivity contribution in [1.29, 1.82) is 0 Å². The number of hydrogen-bond donors (Lipinski definition) is 2. The minimum absolute atomic E-state index is 0.121. The van der Waals surface area contributed by atoms with Gasteiger partial charge in [0, 0.05) is 37.9 Å². The third kappa shape index (κ3) is 5.26. The molecule has 1 amide bonds. The maximum Gasteiger partial charge on any atom is 0.216 e. The molecule has 0 unspecified atom stereocenters. The number of likely N-dealkylation sites (tertiary alicyclic amines) is 1. The van der Waals surface area contributed by atoms with Crippen LogP contribution in [0.5, 0.6) is 0 Å². The Bertz CT molecular complexity index is 1010. The summed E-state index contributed by atoms with van der Waals surface area (Å²) in [5.74, 6) is 1.28. The molecule has 0 atom stereocenters. The highest BCUT2D eigenvalue weighted by Gasteiger charge is 2.39. The third-order valence-corrected chi connectivity index (χ3v) is 6.91. The van der Waals surface area contributed by atoms with Gasteiger partial charge in [-0.15, -0.1) is 0 Å². The second-order valence-electron chi connectivity index (χ2n) is 8.16. The van der Waals surface area contributed by atoms with Crippen LogP contribution in [0.25, 0.3) is 11.3 Å². The molecule has 2 aliphatic heterocycles. The number of H-pyrrole nitrogens is 1. The SMILES string of the molecule is CC.Cc1c(N=C(N(C)C=O)N2CCC3(CCOC3)CC2)n[nH]c1-c1cc(N)nc(Cl)c1Cl. The lowest BCUT2D eigenvalue weighted by Crippen LogP contribution is -2.48. The maximum atomic E-state index is 11.6. The van der Waals surface area contributed by atoms with E-state index in [1.807, 2.05) is 20.8 Å². The summed E-state index contributed by atoms with van der Waals surface area (Å²) < 4.78 is 5.62. The number of carbonyl (C=O) groups is 1. The van der Waals surface area contributed by atoms with E-state index in [0.717, 1.165) is 57.5 Å². The zero-order valence-corrected chi connectivity index (χ0v) is 21.0. The molecule has 0 bridgehead atoms. The highest BCUT2D eigenvalue weighted by Crippen LogP contribution is 2.40. The molecule has 0 aromatic carbocycles. The maximum absolute atomic E-state index is 11.6. The number of amides is 1. The summed E-state index contributed by atoms with van der Waals surface area (Å²) >= 11 is 12.4. The number of nitrogens with one attached hydrogen (secondary N) is 1. The van der Waals surface area contributed by atoms with Crippen molar-refractivity contribution in [3.63, 3.8) is 0 Å². The summed E-state index contributed by atoms with van der Waals surface area (Å²) in [5, 5.41) is 7.72. The van der Waals surface area contributed by atoms with E-state index in [-0.39, 0.29) is 21.4 Å². The zero-order valence-electron chi connectivity index (χ0n) is 19.5. The molecule has 1 spiro atoms. The predicted octanol–water partition coefficient (Wildman–Crippen LogP) is 4.27. The summed E-state index contributed by atoms with van der Waals surface area (Å²) in [6.07, 6.45) is 3.86. The van der Waals surface area contributed by atoms with Gasteiger partial charge in [0.2, 0.25) is 12.4 Å². The number of anilines is 1. The van der Waals surface area contributed by atoms with Crippen molar-refractivity contribution in [2.24, 2.45) is 10.4 Å². The van der Waals surface area contributed by atoms with Crippen molar-refractivity contribution < 1.29 is 9.53 Å². The molecule has 4 rings (SSSR count). The van der Waals surface area contributed by atoms with Gasteiger partial charge in [-0.05, 0) is 37.7 Å².